The number of primary amides is 1. The van der Waals surface area contributed by atoms with Crippen molar-refractivity contribution in [3.8, 4) is 0 Å². The number of nitrogens with zero attached hydrogens (tertiary/aromatic N) is 3. The molecule has 0 saturated carbocycles. The number of imidazole rings is 2. The van der Waals surface area contributed by atoms with Crippen molar-refractivity contribution in [2.45, 2.75) is 168 Å². The number of benzene rings is 1. The van der Waals surface area contributed by atoms with Crippen molar-refractivity contribution in [3.63, 3.8) is 0 Å². The van der Waals surface area contributed by atoms with Crippen molar-refractivity contribution in [2.75, 3.05) is 6.54 Å². The summed E-state index contributed by atoms with van der Waals surface area (Å²) in [5, 5.41) is 16.9. The maximum Gasteiger partial charge on any atom is 0.410 e. The van der Waals surface area contributed by atoms with Gasteiger partial charge in [-0.3, -0.25) is 38.5 Å². The molecule has 1 aliphatic rings. The summed E-state index contributed by atoms with van der Waals surface area (Å²) in [5.74, 6) is -5.29. The number of likely N-dealkylation sites (tertiary alicyclic amines) is 1. The molecule has 0 radical (unpaired) electrons. The van der Waals surface area contributed by atoms with E-state index < -0.39 is 107 Å². The predicted octanol–water partition coefficient (Wildman–Crippen LogP) is 1.42. The number of carbonyl (C=O) groups is 8. The summed E-state index contributed by atoms with van der Waals surface area (Å²) < 4.78 is 5.57. The van der Waals surface area contributed by atoms with E-state index in [1.807, 2.05) is 39.0 Å². The highest BCUT2D eigenvalue weighted by Gasteiger charge is 2.39. The van der Waals surface area contributed by atoms with Crippen LogP contribution < -0.4 is 43.4 Å². The number of aromatic amines is 2. The molecule has 1 aromatic carbocycles. The molecule has 4 rings (SSSR count). The van der Waals surface area contributed by atoms with Crippen LogP contribution in [0.25, 0.3) is 0 Å². The molecule has 9 atom stereocenters. The van der Waals surface area contributed by atoms with E-state index in [0.29, 0.717) is 43.6 Å². The van der Waals surface area contributed by atoms with E-state index in [9.17, 15) is 38.4 Å². The van der Waals surface area contributed by atoms with Gasteiger partial charge in [0.1, 0.15) is 41.9 Å². The van der Waals surface area contributed by atoms with Gasteiger partial charge >= 0.3 is 6.09 Å². The first-order valence-corrected chi connectivity index (χ1v) is 24.8. The van der Waals surface area contributed by atoms with Crippen LogP contribution in [0.5, 0.6) is 0 Å². The van der Waals surface area contributed by atoms with Gasteiger partial charge in [0.05, 0.1) is 12.7 Å². The Bertz CT molecular complexity index is 2250. The minimum Gasteiger partial charge on any atom is -0.444 e. The Hall–Kier alpha value is -6.84. The Morgan fingerprint density at radius 2 is 1.32 bits per heavy atom. The van der Waals surface area contributed by atoms with Gasteiger partial charge in [-0.15, -0.1) is 0 Å². The molecule has 396 valence electrons. The zero-order valence-electron chi connectivity index (χ0n) is 43.1. The van der Waals surface area contributed by atoms with Gasteiger partial charge in [0.2, 0.25) is 41.4 Å². The third-order valence-corrected chi connectivity index (χ3v) is 12.4. The average molecular weight is 1000 g/mol. The Labute approximate surface area is 421 Å². The lowest BCUT2D eigenvalue weighted by Gasteiger charge is -2.31. The topological polar surface area (TPSA) is 331 Å². The normalized spacial score (nSPS) is 17.1. The zero-order valence-corrected chi connectivity index (χ0v) is 43.1. The summed E-state index contributed by atoms with van der Waals surface area (Å²) >= 11 is 0. The van der Waals surface area contributed by atoms with Gasteiger partial charge in [0.15, 0.2) is 0 Å². The SMILES string of the molecule is CC[C@H](C)[C@H](NC(=O)[C@@H](NC(=O)C[C@@H](N)[C@H](CC(C)C)NC(=O)[C@H](Cc1cnc[nH]1)NC(=O)[C@H](Cc1ccccc1)NC(=O)[C@@H]1CCCN1C(=O)OC(C)(C)C)C(C)C)C(=O)N[C@@H](Cc1cnc[nH]1)C(N)=O. The van der Waals surface area contributed by atoms with Crippen LogP contribution in [0.3, 0.4) is 0 Å². The third-order valence-electron chi connectivity index (χ3n) is 12.4. The maximum absolute atomic E-state index is 14.4. The van der Waals surface area contributed by atoms with Crippen molar-refractivity contribution in [3.05, 3.63) is 72.3 Å². The largest absolute Gasteiger partial charge is 0.444 e. The van der Waals surface area contributed by atoms with Gasteiger partial charge in [0, 0.05) is 68.1 Å². The summed E-state index contributed by atoms with van der Waals surface area (Å²) in [6.45, 7) is 16.4. The van der Waals surface area contributed by atoms with Crippen LogP contribution in [-0.4, -0.2) is 133 Å². The number of carbonyl (C=O) groups excluding carboxylic acids is 8. The molecular weight excluding hydrogens is 927 g/mol. The molecule has 1 fully saturated rings. The molecule has 1 saturated heterocycles. The smallest absolute Gasteiger partial charge is 0.410 e. The average Bonchev–Trinajstić information content (AvgIpc) is 4.13. The molecule has 1 aliphatic heterocycles. The van der Waals surface area contributed by atoms with E-state index in [4.69, 9.17) is 16.2 Å². The molecule has 3 heterocycles. The van der Waals surface area contributed by atoms with E-state index >= 15 is 0 Å². The van der Waals surface area contributed by atoms with Crippen molar-refractivity contribution in [1.82, 2.24) is 56.7 Å². The Morgan fingerprint density at radius 1 is 0.750 bits per heavy atom. The van der Waals surface area contributed by atoms with Gasteiger partial charge in [0.25, 0.3) is 0 Å². The number of hydrogen-bond donors (Lipinski definition) is 10. The number of nitrogens with two attached hydrogens (primary N) is 2. The van der Waals surface area contributed by atoms with Crippen LogP contribution in [0.2, 0.25) is 0 Å². The second-order valence-electron chi connectivity index (χ2n) is 20.4. The number of H-pyrrole nitrogens is 2. The summed E-state index contributed by atoms with van der Waals surface area (Å²) in [5.41, 5.74) is 13.4. The summed E-state index contributed by atoms with van der Waals surface area (Å²) in [7, 11) is 0. The molecule has 22 nitrogen and oxygen atoms in total. The number of nitrogens with one attached hydrogen (secondary N) is 8. The quantitative estimate of drug-likeness (QED) is 0.0546. The lowest BCUT2D eigenvalue weighted by molar-refractivity contribution is -0.135. The van der Waals surface area contributed by atoms with E-state index in [1.165, 1.54) is 29.9 Å². The van der Waals surface area contributed by atoms with Gasteiger partial charge in [-0.2, -0.15) is 0 Å². The first-order chi connectivity index (χ1) is 34.0. The van der Waals surface area contributed by atoms with Crippen molar-refractivity contribution >= 4 is 47.4 Å². The number of hydrogen-bond acceptors (Lipinski definition) is 12. The molecule has 0 spiro atoms. The lowest BCUT2D eigenvalue weighted by atomic mass is 9.94. The minimum atomic E-state index is -1.22. The molecule has 8 amide bonds. The number of amides is 8. The molecule has 72 heavy (non-hydrogen) atoms. The van der Waals surface area contributed by atoms with Crippen molar-refractivity contribution < 1.29 is 43.1 Å². The van der Waals surface area contributed by atoms with Crippen molar-refractivity contribution in [2.24, 2.45) is 29.2 Å². The number of aromatic nitrogens is 4. The minimum absolute atomic E-state index is 0.0159. The van der Waals surface area contributed by atoms with Gasteiger partial charge in [-0.25, -0.2) is 14.8 Å². The van der Waals surface area contributed by atoms with Crippen LogP contribution in [-0.2, 0) is 57.6 Å². The molecule has 0 unspecified atom stereocenters. The highest BCUT2D eigenvalue weighted by atomic mass is 16.6. The van der Waals surface area contributed by atoms with E-state index in [1.54, 1.807) is 53.7 Å². The van der Waals surface area contributed by atoms with Gasteiger partial charge in [-0.05, 0) is 63.4 Å². The second kappa shape index (κ2) is 27.1. The summed E-state index contributed by atoms with van der Waals surface area (Å²) in [4.78, 5) is 125. The Morgan fingerprint density at radius 3 is 1.86 bits per heavy atom. The first-order valence-electron chi connectivity index (χ1n) is 24.8. The van der Waals surface area contributed by atoms with Crippen LogP contribution in [0, 0.1) is 17.8 Å². The zero-order chi connectivity index (χ0) is 53.3. The fraction of sp³-hybridized carbons (Fsp3) is 0.600. The summed E-state index contributed by atoms with van der Waals surface area (Å²) in [6.07, 6.45) is 6.77. The second-order valence-corrected chi connectivity index (χ2v) is 20.4. The van der Waals surface area contributed by atoms with E-state index in [-0.39, 0.29) is 37.5 Å². The molecule has 2 aromatic heterocycles. The number of rotatable bonds is 26. The maximum atomic E-state index is 14.4. The van der Waals surface area contributed by atoms with Crippen LogP contribution in [0.1, 0.15) is 111 Å². The van der Waals surface area contributed by atoms with Crippen LogP contribution in [0.4, 0.5) is 4.79 Å². The van der Waals surface area contributed by atoms with Gasteiger partial charge < -0.3 is 58.1 Å². The Kier molecular flexibility index (Phi) is 21.7. The predicted molar refractivity (Wildman–Crippen MR) is 268 cm³/mol. The fourth-order valence-corrected chi connectivity index (χ4v) is 8.30. The highest BCUT2D eigenvalue weighted by Crippen LogP contribution is 2.22. The molecule has 12 N–H and O–H groups in total. The van der Waals surface area contributed by atoms with E-state index in [2.05, 4.69) is 51.8 Å². The van der Waals surface area contributed by atoms with Crippen LogP contribution >= 0.6 is 0 Å². The fourth-order valence-electron chi connectivity index (χ4n) is 8.30. The lowest BCUT2D eigenvalue weighted by Crippen LogP contribution is -2.60. The molecule has 0 bridgehead atoms. The monoisotopic (exact) mass is 1000 g/mol. The Balaban J connectivity index is 1.50. The van der Waals surface area contributed by atoms with Gasteiger partial charge in [-0.1, -0.05) is 78.3 Å². The first kappa shape index (κ1) is 57.7. The number of ether oxygens (including phenoxy) is 1. The molecule has 22 heteroatoms. The van der Waals surface area contributed by atoms with Crippen LogP contribution in [0.15, 0.2) is 55.4 Å². The van der Waals surface area contributed by atoms with Crippen molar-refractivity contribution in [1.29, 1.82) is 0 Å². The highest BCUT2D eigenvalue weighted by molar-refractivity contribution is 5.96. The third kappa shape index (κ3) is 18.1. The standard InChI is InChI=1S/C50H77N13O9/c1-10-30(6)42(48(70)58-36(43(52)65)21-32-24-53-26-55-32)62-47(69)41(29(4)5)61-40(64)23-34(51)35(19-28(2)3)57-45(67)38(22-33-25-54-27-56-33)59-44(66)37(20-31-15-12-11-13-16-31)60-46(68)39-17-14-18-63(39)49(71)72-50(7,8)9/h11-13,15-16,24-30,34-39,41-42H,10,14,17-23,51H2,1-9H3,(H2,52,65)(H,53,55)(H,54,56)(H,57,67)(H,58,70)(H,59,66)(H,60,68)(H,61,64)(H,62,69)/t30-,34+,35-,36-,37-,38-,39-,41-,42-/m0/s1. The summed E-state index contributed by atoms with van der Waals surface area (Å²) in [6, 6.07) is 0.724. The molecule has 0 aliphatic carbocycles. The molecular formula is C50H77N13O9. The molecule has 3 aromatic rings. The van der Waals surface area contributed by atoms with E-state index in [0.717, 1.165) is 5.56 Å².